The van der Waals surface area contributed by atoms with Crippen LogP contribution in [0.15, 0.2) is 42.6 Å². The van der Waals surface area contributed by atoms with E-state index in [1.54, 1.807) is 0 Å². The molecule has 1 aromatic heterocycles. The SMILES string of the molecule is C[C@@H](Oc1ccc(Oc2ccc(C(F)(F)F)cn2)cc1)C(=O)Cl. The Kier molecular flexibility index (Phi) is 5.10. The van der Waals surface area contributed by atoms with Crippen LogP contribution >= 0.6 is 11.6 Å². The van der Waals surface area contributed by atoms with Crippen molar-refractivity contribution in [1.29, 1.82) is 0 Å². The highest BCUT2D eigenvalue weighted by atomic mass is 35.5. The Bertz CT molecular complexity index is 672. The Morgan fingerprint density at radius 1 is 1.13 bits per heavy atom. The highest BCUT2D eigenvalue weighted by molar-refractivity contribution is 6.64. The van der Waals surface area contributed by atoms with Crippen LogP contribution in [0.2, 0.25) is 0 Å². The summed E-state index contributed by atoms with van der Waals surface area (Å²) >= 11 is 5.28. The lowest BCUT2D eigenvalue weighted by atomic mass is 10.3. The Balaban J connectivity index is 2.02. The summed E-state index contributed by atoms with van der Waals surface area (Å²) in [5.41, 5.74) is -0.853. The number of benzene rings is 1. The van der Waals surface area contributed by atoms with E-state index in [2.05, 4.69) is 4.98 Å². The molecule has 0 N–H and O–H groups in total. The molecule has 2 rings (SSSR count). The Morgan fingerprint density at radius 3 is 2.22 bits per heavy atom. The lowest BCUT2D eigenvalue weighted by molar-refractivity contribution is -0.137. The average Bonchev–Trinajstić information content (AvgIpc) is 2.49. The number of nitrogens with zero attached hydrogens (tertiary/aromatic N) is 1. The van der Waals surface area contributed by atoms with E-state index in [-0.39, 0.29) is 5.88 Å². The molecule has 0 aliphatic rings. The van der Waals surface area contributed by atoms with Gasteiger partial charge in [0.15, 0.2) is 6.10 Å². The smallest absolute Gasteiger partial charge is 0.417 e. The summed E-state index contributed by atoms with van der Waals surface area (Å²) in [5, 5.41) is -0.626. The standard InChI is InChI=1S/C15H11ClF3NO3/c1-9(14(16)21)22-11-3-5-12(6-4-11)23-13-7-2-10(8-20-13)15(17,18)19/h2-9H,1H3/t9-/m1/s1. The van der Waals surface area contributed by atoms with Gasteiger partial charge in [-0.3, -0.25) is 4.79 Å². The summed E-state index contributed by atoms with van der Waals surface area (Å²) in [6.07, 6.45) is -4.54. The van der Waals surface area contributed by atoms with Crippen LogP contribution in [0.5, 0.6) is 17.4 Å². The fraction of sp³-hybridized carbons (Fsp3) is 0.200. The van der Waals surface area contributed by atoms with Gasteiger partial charge < -0.3 is 9.47 Å². The maximum atomic E-state index is 12.4. The number of carbonyl (C=O) groups is 1. The van der Waals surface area contributed by atoms with Crippen LogP contribution < -0.4 is 9.47 Å². The third kappa shape index (κ3) is 4.85. The average molecular weight is 346 g/mol. The van der Waals surface area contributed by atoms with E-state index in [4.69, 9.17) is 21.1 Å². The van der Waals surface area contributed by atoms with Crippen molar-refractivity contribution in [2.45, 2.75) is 19.2 Å². The zero-order valence-electron chi connectivity index (χ0n) is 11.8. The number of carbonyl (C=O) groups excluding carboxylic acids is 1. The highest BCUT2D eigenvalue weighted by Gasteiger charge is 2.30. The summed E-state index contributed by atoms with van der Waals surface area (Å²) in [7, 11) is 0. The molecule has 2 aromatic rings. The minimum absolute atomic E-state index is 0.0240. The number of alkyl halides is 3. The number of pyridine rings is 1. The minimum Gasteiger partial charge on any atom is -0.482 e. The molecule has 1 aromatic carbocycles. The van der Waals surface area contributed by atoms with Gasteiger partial charge in [0, 0.05) is 12.3 Å². The molecule has 0 bridgehead atoms. The molecule has 4 nitrogen and oxygen atoms in total. The minimum atomic E-state index is -4.44. The first-order valence-corrected chi connectivity index (χ1v) is 6.80. The van der Waals surface area contributed by atoms with Crippen LogP contribution in [0.3, 0.4) is 0 Å². The van der Waals surface area contributed by atoms with Crippen LogP contribution in [0.1, 0.15) is 12.5 Å². The fourth-order valence-corrected chi connectivity index (χ4v) is 1.61. The van der Waals surface area contributed by atoms with Crippen molar-refractivity contribution in [1.82, 2.24) is 4.98 Å². The van der Waals surface area contributed by atoms with E-state index in [0.717, 1.165) is 12.1 Å². The molecule has 8 heteroatoms. The number of hydrogen-bond donors (Lipinski definition) is 0. The summed E-state index contributed by atoms with van der Waals surface area (Å²) in [6, 6.07) is 8.14. The van der Waals surface area contributed by atoms with Crippen molar-refractivity contribution in [3.05, 3.63) is 48.2 Å². The number of ether oxygens (including phenoxy) is 2. The third-order valence-electron chi connectivity index (χ3n) is 2.74. The quantitative estimate of drug-likeness (QED) is 0.752. The van der Waals surface area contributed by atoms with E-state index >= 15 is 0 Å². The Morgan fingerprint density at radius 2 is 1.74 bits per heavy atom. The van der Waals surface area contributed by atoms with Crippen molar-refractivity contribution in [3.63, 3.8) is 0 Å². The maximum Gasteiger partial charge on any atom is 0.417 e. The number of hydrogen-bond acceptors (Lipinski definition) is 4. The van der Waals surface area contributed by atoms with Crippen molar-refractivity contribution in [3.8, 4) is 17.4 Å². The van der Waals surface area contributed by atoms with Crippen LogP contribution in [0.25, 0.3) is 0 Å². The normalized spacial score (nSPS) is 12.6. The molecule has 0 aliphatic carbocycles. The van der Waals surface area contributed by atoms with Gasteiger partial charge >= 0.3 is 6.18 Å². The second-order valence-electron chi connectivity index (χ2n) is 4.52. The zero-order chi connectivity index (χ0) is 17.0. The number of rotatable bonds is 5. The van der Waals surface area contributed by atoms with Gasteiger partial charge in [-0.05, 0) is 48.9 Å². The molecule has 0 unspecified atom stereocenters. The van der Waals surface area contributed by atoms with E-state index in [1.165, 1.54) is 31.2 Å². The predicted octanol–water partition coefficient (Wildman–Crippen LogP) is 4.43. The molecule has 0 saturated heterocycles. The molecular formula is C15H11ClF3NO3. The first-order chi connectivity index (χ1) is 10.8. The molecule has 0 spiro atoms. The Labute approximate surface area is 134 Å². The molecule has 122 valence electrons. The Hall–Kier alpha value is -2.28. The van der Waals surface area contributed by atoms with Crippen molar-refractivity contribution in [2.24, 2.45) is 0 Å². The van der Waals surface area contributed by atoms with Gasteiger partial charge in [0.2, 0.25) is 5.88 Å². The van der Waals surface area contributed by atoms with Crippen LogP contribution in [-0.4, -0.2) is 16.3 Å². The van der Waals surface area contributed by atoms with Gasteiger partial charge in [-0.25, -0.2) is 4.98 Å². The molecule has 0 amide bonds. The van der Waals surface area contributed by atoms with Crippen molar-refractivity contribution < 1.29 is 27.4 Å². The largest absolute Gasteiger partial charge is 0.482 e. The summed E-state index contributed by atoms with van der Waals surface area (Å²) < 4.78 is 47.9. The summed E-state index contributed by atoms with van der Waals surface area (Å²) in [6.45, 7) is 1.51. The molecule has 0 fully saturated rings. The molecule has 1 heterocycles. The van der Waals surface area contributed by atoms with E-state index in [1.807, 2.05) is 0 Å². The molecular weight excluding hydrogens is 335 g/mol. The van der Waals surface area contributed by atoms with E-state index in [9.17, 15) is 18.0 Å². The fourth-order valence-electron chi connectivity index (χ4n) is 1.57. The predicted molar refractivity (Wildman–Crippen MR) is 76.7 cm³/mol. The maximum absolute atomic E-state index is 12.4. The highest BCUT2D eigenvalue weighted by Crippen LogP contribution is 2.30. The molecule has 1 atom stereocenters. The van der Waals surface area contributed by atoms with Gasteiger partial charge in [0.1, 0.15) is 11.5 Å². The van der Waals surface area contributed by atoms with E-state index in [0.29, 0.717) is 17.7 Å². The summed E-state index contributed by atoms with van der Waals surface area (Å²) in [4.78, 5) is 14.5. The molecule has 0 radical (unpaired) electrons. The van der Waals surface area contributed by atoms with Crippen LogP contribution in [0.4, 0.5) is 13.2 Å². The topological polar surface area (TPSA) is 48.4 Å². The first-order valence-electron chi connectivity index (χ1n) is 6.43. The number of halogens is 4. The second kappa shape index (κ2) is 6.87. The summed E-state index contributed by atoms with van der Waals surface area (Å²) in [5.74, 6) is 0.782. The van der Waals surface area contributed by atoms with Gasteiger partial charge in [0.05, 0.1) is 5.56 Å². The lowest BCUT2D eigenvalue weighted by Crippen LogP contribution is -2.18. The third-order valence-corrected chi connectivity index (χ3v) is 3.05. The van der Waals surface area contributed by atoms with Gasteiger partial charge in [-0.1, -0.05) is 0 Å². The molecule has 0 aliphatic heterocycles. The van der Waals surface area contributed by atoms with E-state index < -0.39 is 23.1 Å². The monoisotopic (exact) mass is 345 g/mol. The zero-order valence-corrected chi connectivity index (χ0v) is 12.6. The first kappa shape index (κ1) is 17.1. The lowest BCUT2D eigenvalue weighted by Gasteiger charge is -2.11. The van der Waals surface area contributed by atoms with Gasteiger partial charge in [-0.2, -0.15) is 13.2 Å². The van der Waals surface area contributed by atoms with Crippen LogP contribution in [-0.2, 0) is 11.0 Å². The number of aromatic nitrogens is 1. The molecule has 23 heavy (non-hydrogen) atoms. The molecule has 0 saturated carbocycles. The van der Waals surface area contributed by atoms with Crippen LogP contribution in [0, 0.1) is 0 Å². The van der Waals surface area contributed by atoms with Crippen molar-refractivity contribution >= 4 is 16.8 Å². The van der Waals surface area contributed by atoms with Gasteiger partial charge in [-0.15, -0.1) is 0 Å². The van der Waals surface area contributed by atoms with Crippen molar-refractivity contribution in [2.75, 3.05) is 0 Å². The van der Waals surface area contributed by atoms with Gasteiger partial charge in [0.25, 0.3) is 5.24 Å². The second-order valence-corrected chi connectivity index (χ2v) is 4.89.